The van der Waals surface area contributed by atoms with Gasteiger partial charge >= 0.3 is 0 Å². The van der Waals surface area contributed by atoms with Gasteiger partial charge in [-0.15, -0.1) is 24.0 Å². The number of rotatable bonds is 10. The lowest BCUT2D eigenvalue weighted by Gasteiger charge is -2.34. The average Bonchev–Trinajstić information content (AvgIpc) is 3.31. The van der Waals surface area contributed by atoms with Crippen LogP contribution in [0.1, 0.15) is 30.9 Å². The smallest absolute Gasteiger partial charge is 0.191 e. The van der Waals surface area contributed by atoms with Crippen LogP contribution in [0.5, 0.6) is 0 Å². The molecule has 0 spiro atoms. The molecule has 2 aliphatic heterocycles. The van der Waals surface area contributed by atoms with E-state index in [9.17, 15) is 0 Å². The SMILES string of the molecule is CCN1CCN(Cc2ccc(CNC(=NC)NCCCOC3CCOC3)cc2)CC1.I. The van der Waals surface area contributed by atoms with Gasteiger partial charge in [-0.25, -0.2) is 0 Å². The van der Waals surface area contributed by atoms with Crippen molar-refractivity contribution in [2.75, 3.05) is 66.1 Å². The van der Waals surface area contributed by atoms with Gasteiger partial charge in [0.25, 0.3) is 0 Å². The van der Waals surface area contributed by atoms with E-state index < -0.39 is 0 Å². The number of hydrogen-bond donors (Lipinski definition) is 2. The van der Waals surface area contributed by atoms with Crippen LogP contribution in [0.3, 0.4) is 0 Å². The number of halogens is 1. The minimum absolute atomic E-state index is 0. The summed E-state index contributed by atoms with van der Waals surface area (Å²) in [6.45, 7) is 13.1. The van der Waals surface area contributed by atoms with Crippen LogP contribution < -0.4 is 10.6 Å². The molecule has 8 heteroatoms. The maximum atomic E-state index is 5.79. The number of benzene rings is 1. The topological polar surface area (TPSA) is 61.4 Å². The first-order chi connectivity index (χ1) is 14.8. The zero-order valence-corrected chi connectivity index (χ0v) is 21.5. The maximum absolute atomic E-state index is 5.79. The van der Waals surface area contributed by atoms with Gasteiger partial charge in [-0.2, -0.15) is 0 Å². The van der Waals surface area contributed by atoms with Crippen LogP contribution in [0.25, 0.3) is 0 Å². The average molecular weight is 546 g/mol. The molecule has 0 saturated carbocycles. The molecule has 176 valence electrons. The van der Waals surface area contributed by atoms with Crippen LogP contribution in [0.2, 0.25) is 0 Å². The highest BCUT2D eigenvalue weighted by atomic mass is 127. The molecule has 0 radical (unpaired) electrons. The monoisotopic (exact) mass is 545 g/mol. The zero-order valence-electron chi connectivity index (χ0n) is 19.1. The fourth-order valence-electron chi connectivity index (χ4n) is 3.86. The van der Waals surface area contributed by atoms with E-state index in [1.807, 2.05) is 7.05 Å². The molecule has 2 fully saturated rings. The number of guanidine groups is 1. The van der Waals surface area contributed by atoms with E-state index in [0.29, 0.717) is 0 Å². The van der Waals surface area contributed by atoms with Crippen LogP contribution in [0.4, 0.5) is 0 Å². The maximum Gasteiger partial charge on any atom is 0.191 e. The molecule has 2 saturated heterocycles. The number of hydrogen-bond acceptors (Lipinski definition) is 5. The first-order valence-corrected chi connectivity index (χ1v) is 11.4. The second-order valence-corrected chi connectivity index (χ2v) is 8.09. The normalized spacial score (nSPS) is 20.5. The van der Waals surface area contributed by atoms with E-state index in [2.05, 4.69) is 56.6 Å². The van der Waals surface area contributed by atoms with Crippen molar-refractivity contribution in [1.82, 2.24) is 20.4 Å². The van der Waals surface area contributed by atoms with Gasteiger partial charge in [0.05, 0.1) is 12.7 Å². The number of piperazine rings is 1. The largest absolute Gasteiger partial charge is 0.379 e. The predicted octanol–water partition coefficient (Wildman–Crippen LogP) is 2.30. The summed E-state index contributed by atoms with van der Waals surface area (Å²) in [6, 6.07) is 8.94. The summed E-state index contributed by atoms with van der Waals surface area (Å²) in [5.41, 5.74) is 2.65. The fraction of sp³-hybridized carbons (Fsp3) is 0.696. The molecule has 2 aliphatic rings. The van der Waals surface area contributed by atoms with E-state index >= 15 is 0 Å². The molecule has 0 bridgehead atoms. The molecule has 1 atom stereocenters. The van der Waals surface area contributed by atoms with Crippen molar-refractivity contribution in [2.45, 2.75) is 39.0 Å². The minimum Gasteiger partial charge on any atom is -0.379 e. The summed E-state index contributed by atoms with van der Waals surface area (Å²) in [5, 5.41) is 6.75. The highest BCUT2D eigenvalue weighted by molar-refractivity contribution is 14.0. The summed E-state index contributed by atoms with van der Waals surface area (Å²) in [4.78, 5) is 9.38. The first-order valence-electron chi connectivity index (χ1n) is 11.4. The predicted molar refractivity (Wildman–Crippen MR) is 137 cm³/mol. The van der Waals surface area contributed by atoms with Crippen LogP contribution in [-0.4, -0.2) is 88.0 Å². The van der Waals surface area contributed by atoms with Gasteiger partial charge in [-0.05, 0) is 30.5 Å². The standard InChI is InChI=1S/C23H39N5O2.HI/c1-3-27-11-13-28(14-12-27)18-21-7-5-20(6-8-21)17-26-23(24-2)25-10-4-15-30-22-9-16-29-19-22;/h5-8,22H,3-4,9-19H2,1-2H3,(H2,24,25,26);1H. The van der Waals surface area contributed by atoms with Gasteiger partial charge in [0, 0.05) is 66.1 Å². The molecule has 31 heavy (non-hydrogen) atoms. The Bertz CT molecular complexity index is 629. The summed E-state index contributed by atoms with van der Waals surface area (Å²) < 4.78 is 11.1. The quantitative estimate of drug-likeness (QED) is 0.204. The Morgan fingerprint density at radius 3 is 2.45 bits per heavy atom. The Labute approximate surface area is 205 Å². The van der Waals surface area contributed by atoms with E-state index in [1.54, 1.807) is 0 Å². The molecule has 7 nitrogen and oxygen atoms in total. The van der Waals surface area contributed by atoms with Crippen LogP contribution in [-0.2, 0) is 22.6 Å². The molecule has 3 rings (SSSR count). The second-order valence-electron chi connectivity index (χ2n) is 8.09. The van der Waals surface area contributed by atoms with Crippen molar-refractivity contribution in [3.63, 3.8) is 0 Å². The summed E-state index contributed by atoms with van der Waals surface area (Å²) in [5.74, 6) is 0.831. The molecule has 1 unspecified atom stereocenters. The van der Waals surface area contributed by atoms with Crippen LogP contribution in [0.15, 0.2) is 29.3 Å². The Hall–Kier alpha value is -0.940. The first kappa shape index (κ1) is 26.3. The number of nitrogens with one attached hydrogen (secondary N) is 2. The Balaban J connectivity index is 0.00000341. The van der Waals surface area contributed by atoms with Gasteiger partial charge in [-0.3, -0.25) is 9.89 Å². The zero-order chi connectivity index (χ0) is 21.0. The lowest BCUT2D eigenvalue weighted by Crippen LogP contribution is -2.45. The Kier molecular flexibility index (Phi) is 12.7. The Morgan fingerprint density at radius 2 is 1.81 bits per heavy atom. The minimum atomic E-state index is 0. The number of ether oxygens (including phenoxy) is 2. The van der Waals surface area contributed by atoms with E-state index in [-0.39, 0.29) is 30.1 Å². The molecule has 2 N–H and O–H groups in total. The molecule has 2 heterocycles. The van der Waals surface area contributed by atoms with Crippen LogP contribution in [0, 0.1) is 0 Å². The van der Waals surface area contributed by atoms with Gasteiger partial charge in [0.2, 0.25) is 0 Å². The van der Waals surface area contributed by atoms with Crippen molar-refractivity contribution >= 4 is 29.9 Å². The fourth-order valence-corrected chi connectivity index (χ4v) is 3.86. The van der Waals surface area contributed by atoms with Crippen molar-refractivity contribution < 1.29 is 9.47 Å². The van der Waals surface area contributed by atoms with Gasteiger partial charge < -0.3 is 25.0 Å². The molecule has 0 aliphatic carbocycles. The third-order valence-corrected chi connectivity index (χ3v) is 5.88. The lowest BCUT2D eigenvalue weighted by atomic mass is 10.1. The van der Waals surface area contributed by atoms with Gasteiger partial charge in [-0.1, -0.05) is 31.2 Å². The van der Waals surface area contributed by atoms with Crippen molar-refractivity contribution in [1.29, 1.82) is 0 Å². The van der Waals surface area contributed by atoms with Gasteiger partial charge in [0.15, 0.2) is 5.96 Å². The summed E-state index contributed by atoms with van der Waals surface area (Å²) >= 11 is 0. The van der Waals surface area contributed by atoms with Gasteiger partial charge in [0.1, 0.15) is 0 Å². The third kappa shape index (κ3) is 9.61. The van der Waals surface area contributed by atoms with Crippen molar-refractivity contribution in [3.8, 4) is 0 Å². The van der Waals surface area contributed by atoms with E-state index in [1.165, 1.54) is 37.3 Å². The summed E-state index contributed by atoms with van der Waals surface area (Å²) in [7, 11) is 1.81. The van der Waals surface area contributed by atoms with Crippen LogP contribution >= 0.6 is 24.0 Å². The molecule has 1 aromatic carbocycles. The lowest BCUT2D eigenvalue weighted by molar-refractivity contribution is 0.0420. The highest BCUT2D eigenvalue weighted by Crippen LogP contribution is 2.10. The molecular formula is C23H40IN5O2. The molecule has 0 amide bonds. The summed E-state index contributed by atoms with van der Waals surface area (Å²) in [6.07, 6.45) is 2.26. The van der Waals surface area contributed by atoms with E-state index in [0.717, 1.165) is 64.8 Å². The highest BCUT2D eigenvalue weighted by Gasteiger charge is 2.16. The van der Waals surface area contributed by atoms with E-state index in [4.69, 9.17) is 9.47 Å². The second kappa shape index (κ2) is 15.0. The van der Waals surface area contributed by atoms with Crippen molar-refractivity contribution in [2.24, 2.45) is 4.99 Å². The molecule has 1 aromatic rings. The van der Waals surface area contributed by atoms with Crippen molar-refractivity contribution in [3.05, 3.63) is 35.4 Å². The molecule has 0 aromatic heterocycles. The third-order valence-electron chi connectivity index (χ3n) is 5.88. The number of likely N-dealkylation sites (N-methyl/N-ethyl adjacent to an activating group) is 1. The number of nitrogens with zero attached hydrogens (tertiary/aromatic N) is 3. The number of aliphatic imine (C=N–C) groups is 1. The Morgan fingerprint density at radius 1 is 1.10 bits per heavy atom. The molecular weight excluding hydrogens is 505 g/mol.